The van der Waals surface area contributed by atoms with E-state index in [4.69, 9.17) is 4.74 Å². The normalized spacial score (nSPS) is 16.2. The first-order valence-electron chi connectivity index (χ1n) is 4.81. The zero-order chi connectivity index (χ0) is 11.5. The van der Waals surface area contributed by atoms with E-state index in [9.17, 15) is 14.9 Å². The summed E-state index contributed by atoms with van der Waals surface area (Å²) in [4.78, 5) is 23.3. The summed E-state index contributed by atoms with van der Waals surface area (Å²) in [5.74, 6) is -0.249. The summed E-state index contributed by atoms with van der Waals surface area (Å²) in [5.41, 5.74) is 0.276. The molecule has 0 bridgehead atoms. The number of anilines is 1. The van der Waals surface area contributed by atoms with Crippen LogP contribution >= 0.6 is 0 Å². The second kappa shape index (κ2) is 4.28. The van der Waals surface area contributed by atoms with Crippen LogP contribution in [-0.4, -0.2) is 30.6 Å². The third-order valence-corrected chi connectivity index (χ3v) is 2.36. The molecule has 0 spiro atoms. The van der Waals surface area contributed by atoms with Gasteiger partial charge in [-0.25, -0.2) is 0 Å². The fourth-order valence-electron chi connectivity index (χ4n) is 1.62. The summed E-state index contributed by atoms with van der Waals surface area (Å²) in [7, 11) is 0. The van der Waals surface area contributed by atoms with Gasteiger partial charge in [-0.1, -0.05) is 12.1 Å². The molecule has 0 saturated carbocycles. The SMILES string of the molecule is O=C1COCCN1c1ccccc1[N+](=O)[O-]. The van der Waals surface area contributed by atoms with Crippen molar-refractivity contribution in [2.45, 2.75) is 0 Å². The van der Waals surface area contributed by atoms with Crippen molar-refractivity contribution in [2.24, 2.45) is 0 Å². The summed E-state index contributed by atoms with van der Waals surface area (Å²) < 4.78 is 4.97. The van der Waals surface area contributed by atoms with Gasteiger partial charge in [0.1, 0.15) is 12.3 Å². The van der Waals surface area contributed by atoms with Gasteiger partial charge in [0.25, 0.3) is 11.6 Å². The third-order valence-electron chi connectivity index (χ3n) is 2.36. The van der Waals surface area contributed by atoms with Crippen LogP contribution in [0.3, 0.4) is 0 Å². The summed E-state index contributed by atoms with van der Waals surface area (Å²) in [5, 5.41) is 10.8. The maximum atomic E-state index is 11.5. The van der Waals surface area contributed by atoms with Gasteiger partial charge < -0.3 is 9.64 Å². The van der Waals surface area contributed by atoms with Crippen LogP contribution in [0.15, 0.2) is 24.3 Å². The van der Waals surface area contributed by atoms with Gasteiger partial charge in [-0.3, -0.25) is 14.9 Å². The first-order valence-corrected chi connectivity index (χ1v) is 4.81. The molecule has 1 fully saturated rings. The van der Waals surface area contributed by atoms with Crippen LogP contribution in [0.4, 0.5) is 11.4 Å². The summed E-state index contributed by atoms with van der Waals surface area (Å²) in [6.07, 6.45) is 0. The number of benzene rings is 1. The number of carbonyl (C=O) groups excluding carboxylic acids is 1. The Hall–Kier alpha value is -1.95. The molecule has 1 aromatic carbocycles. The summed E-state index contributed by atoms with van der Waals surface area (Å²) in [6, 6.07) is 6.21. The van der Waals surface area contributed by atoms with E-state index in [1.54, 1.807) is 18.2 Å². The number of nitrogens with zero attached hydrogens (tertiary/aromatic N) is 2. The maximum Gasteiger partial charge on any atom is 0.292 e. The van der Waals surface area contributed by atoms with Gasteiger partial charge in [-0.2, -0.15) is 0 Å². The van der Waals surface area contributed by atoms with E-state index in [2.05, 4.69) is 0 Å². The topological polar surface area (TPSA) is 72.7 Å². The number of carbonyl (C=O) groups is 1. The van der Waals surface area contributed by atoms with E-state index in [-0.39, 0.29) is 18.2 Å². The molecule has 0 aromatic heterocycles. The standard InChI is InChI=1S/C10H10N2O4/c13-10-7-16-6-5-11(10)8-3-1-2-4-9(8)12(14)15/h1-4H,5-7H2. The van der Waals surface area contributed by atoms with Gasteiger partial charge in [-0.05, 0) is 6.07 Å². The van der Waals surface area contributed by atoms with Gasteiger partial charge in [0, 0.05) is 12.6 Å². The van der Waals surface area contributed by atoms with E-state index in [1.807, 2.05) is 0 Å². The van der Waals surface area contributed by atoms with Gasteiger partial charge in [0.05, 0.1) is 11.5 Å². The predicted molar refractivity (Wildman–Crippen MR) is 56.3 cm³/mol. The highest BCUT2D eigenvalue weighted by molar-refractivity contribution is 5.96. The molecule has 1 amide bonds. The zero-order valence-electron chi connectivity index (χ0n) is 8.46. The molecule has 1 aliphatic rings. The Morgan fingerprint density at radius 1 is 1.38 bits per heavy atom. The molecule has 1 saturated heterocycles. The van der Waals surface area contributed by atoms with Crippen molar-refractivity contribution < 1.29 is 14.5 Å². The molecule has 84 valence electrons. The molecule has 6 heteroatoms. The molecule has 16 heavy (non-hydrogen) atoms. The Kier molecular flexibility index (Phi) is 2.82. The van der Waals surface area contributed by atoms with Crippen LogP contribution in [0, 0.1) is 10.1 Å². The van der Waals surface area contributed by atoms with Crippen LogP contribution in [0.2, 0.25) is 0 Å². The minimum absolute atomic E-state index is 0.0218. The van der Waals surface area contributed by atoms with Crippen molar-refractivity contribution in [2.75, 3.05) is 24.7 Å². The average Bonchev–Trinajstić information content (AvgIpc) is 2.29. The number of nitro groups is 1. The molecule has 0 atom stereocenters. The second-order valence-corrected chi connectivity index (χ2v) is 3.34. The van der Waals surface area contributed by atoms with E-state index < -0.39 is 4.92 Å². The van der Waals surface area contributed by atoms with E-state index in [0.29, 0.717) is 18.8 Å². The highest BCUT2D eigenvalue weighted by atomic mass is 16.6. The highest BCUT2D eigenvalue weighted by Crippen LogP contribution is 2.28. The quantitative estimate of drug-likeness (QED) is 0.551. The van der Waals surface area contributed by atoms with Crippen LogP contribution in [0.25, 0.3) is 0 Å². The molecule has 1 aliphatic heterocycles. The molecule has 0 radical (unpaired) electrons. The molecule has 1 heterocycles. The lowest BCUT2D eigenvalue weighted by atomic mass is 10.2. The molecular weight excluding hydrogens is 212 g/mol. The molecule has 1 aromatic rings. The van der Waals surface area contributed by atoms with Gasteiger partial charge in [0.2, 0.25) is 0 Å². The third kappa shape index (κ3) is 1.87. The predicted octanol–water partition coefficient (Wildman–Crippen LogP) is 0.958. The molecule has 0 N–H and O–H groups in total. The minimum Gasteiger partial charge on any atom is -0.370 e. The fourth-order valence-corrected chi connectivity index (χ4v) is 1.62. The molecule has 6 nitrogen and oxygen atoms in total. The zero-order valence-corrected chi connectivity index (χ0v) is 8.46. The van der Waals surface area contributed by atoms with E-state index in [0.717, 1.165) is 0 Å². The lowest BCUT2D eigenvalue weighted by Crippen LogP contribution is -2.41. The fraction of sp³-hybridized carbons (Fsp3) is 0.300. The number of para-hydroxylation sites is 2. The van der Waals surface area contributed by atoms with Crippen LogP contribution < -0.4 is 4.90 Å². The Balaban J connectivity index is 2.38. The van der Waals surface area contributed by atoms with Crippen LogP contribution in [0.5, 0.6) is 0 Å². The van der Waals surface area contributed by atoms with Crippen molar-refractivity contribution >= 4 is 17.3 Å². The lowest BCUT2D eigenvalue weighted by Gasteiger charge is -2.26. The Morgan fingerprint density at radius 3 is 2.81 bits per heavy atom. The number of morpholine rings is 1. The van der Waals surface area contributed by atoms with Crippen LogP contribution in [0.1, 0.15) is 0 Å². The van der Waals surface area contributed by atoms with E-state index in [1.165, 1.54) is 11.0 Å². The van der Waals surface area contributed by atoms with E-state index >= 15 is 0 Å². The monoisotopic (exact) mass is 222 g/mol. The Morgan fingerprint density at radius 2 is 2.12 bits per heavy atom. The van der Waals surface area contributed by atoms with Gasteiger partial charge >= 0.3 is 0 Å². The van der Waals surface area contributed by atoms with Gasteiger partial charge in [0.15, 0.2) is 0 Å². The van der Waals surface area contributed by atoms with Crippen molar-refractivity contribution in [3.8, 4) is 0 Å². The first-order chi connectivity index (χ1) is 7.70. The van der Waals surface area contributed by atoms with Crippen molar-refractivity contribution in [1.82, 2.24) is 0 Å². The van der Waals surface area contributed by atoms with Crippen molar-refractivity contribution in [3.05, 3.63) is 34.4 Å². The van der Waals surface area contributed by atoms with Crippen molar-refractivity contribution in [1.29, 1.82) is 0 Å². The number of hydrogen-bond acceptors (Lipinski definition) is 4. The lowest BCUT2D eigenvalue weighted by molar-refractivity contribution is -0.384. The molecule has 0 unspecified atom stereocenters. The first kappa shape index (κ1) is 10.6. The van der Waals surface area contributed by atoms with Crippen molar-refractivity contribution in [3.63, 3.8) is 0 Å². The molecule has 0 aliphatic carbocycles. The molecule has 2 rings (SSSR count). The smallest absolute Gasteiger partial charge is 0.292 e. The number of rotatable bonds is 2. The number of nitro benzene ring substituents is 1. The number of amides is 1. The second-order valence-electron chi connectivity index (χ2n) is 3.34. The highest BCUT2D eigenvalue weighted by Gasteiger charge is 2.26. The Bertz CT molecular complexity index is 433. The average molecular weight is 222 g/mol. The maximum absolute atomic E-state index is 11.5. The molecular formula is C10H10N2O4. The van der Waals surface area contributed by atoms with Gasteiger partial charge in [-0.15, -0.1) is 0 Å². The van der Waals surface area contributed by atoms with Crippen LogP contribution in [-0.2, 0) is 9.53 Å². The summed E-state index contributed by atoms with van der Waals surface area (Å²) >= 11 is 0. The number of ether oxygens (including phenoxy) is 1. The minimum atomic E-state index is -0.488. The Labute approximate surface area is 91.6 Å². The summed E-state index contributed by atoms with van der Waals surface area (Å²) in [6.45, 7) is 0.730. The largest absolute Gasteiger partial charge is 0.370 e. The number of hydrogen-bond donors (Lipinski definition) is 0.